The third-order valence-electron chi connectivity index (χ3n) is 3.40. The molecule has 0 aromatic heterocycles. The fraction of sp³-hybridized carbons (Fsp3) is 0.571. The van der Waals surface area contributed by atoms with Gasteiger partial charge in [0.05, 0.1) is 0 Å². The number of hydrogen-bond donors (Lipinski definition) is 2. The lowest BCUT2D eigenvalue weighted by Crippen LogP contribution is -2.33. The molecular formula is C14H20F2N2O. The summed E-state index contributed by atoms with van der Waals surface area (Å²) < 4.78 is 29.0. The molecule has 5 heteroatoms. The molecule has 0 atom stereocenters. The number of benzene rings is 1. The van der Waals surface area contributed by atoms with Crippen LogP contribution < -0.4 is 15.4 Å². The molecule has 106 valence electrons. The van der Waals surface area contributed by atoms with E-state index in [1.807, 2.05) is 12.1 Å². The topological polar surface area (TPSA) is 33.3 Å². The van der Waals surface area contributed by atoms with E-state index in [2.05, 4.69) is 15.4 Å². The number of piperidine rings is 1. The van der Waals surface area contributed by atoms with Gasteiger partial charge in [0.1, 0.15) is 5.75 Å². The van der Waals surface area contributed by atoms with E-state index in [9.17, 15) is 8.78 Å². The van der Waals surface area contributed by atoms with Crippen LogP contribution in [0, 0.1) is 5.92 Å². The van der Waals surface area contributed by atoms with Crippen molar-refractivity contribution in [3.63, 3.8) is 0 Å². The van der Waals surface area contributed by atoms with E-state index in [1.165, 1.54) is 12.8 Å². The van der Waals surface area contributed by atoms with Gasteiger partial charge in [-0.15, -0.1) is 0 Å². The van der Waals surface area contributed by atoms with E-state index in [0.717, 1.165) is 25.2 Å². The first kappa shape index (κ1) is 14.2. The predicted molar refractivity (Wildman–Crippen MR) is 70.4 cm³/mol. The normalized spacial score (nSPS) is 16.8. The van der Waals surface area contributed by atoms with E-state index in [-0.39, 0.29) is 5.75 Å². The summed E-state index contributed by atoms with van der Waals surface area (Å²) in [5.74, 6) is 0.930. The number of para-hydroxylation sites is 1. The third-order valence-corrected chi connectivity index (χ3v) is 3.40. The molecule has 2 rings (SSSR count). The van der Waals surface area contributed by atoms with E-state index < -0.39 is 6.61 Å². The lowest BCUT2D eigenvalue weighted by atomic mass is 9.98. The van der Waals surface area contributed by atoms with Crippen LogP contribution in [0.5, 0.6) is 5.75 Å². The first-order valence-corrected chi connectivity index (χ1v) is 6.70. The molecule has 1 aliphatic rings. The van der Waals surface area contributed by atoms with E-state index in [4.69, 9.17) is 0 Å². The molecule has 1 heterocycles. The zero-order valence-corrected chi connectivity index (χ0v) is 10.9. The van der Waals surface area contributed by atoms with Crippen molar-refractivity contribution in [2.45, 2.75) is 26.0 Å². The average Bonchev–Trinajstić information content (AvgIpc) is 2.41. The summed E-state index contributed by atoms with van der Waals surface area (Å²) >= 11 is 0. The van der Waals surface area contributed by atoms with Gasteiger partial charge in [-0.1, -0.05) is 18.2 Å². The highest BCUT2D eigenvalue weighted by atomic mass is 19.3. The van der Waals surface area contributed by atoms with Crippen molar-refractivity contribution in [1.82, 2.24) is 10.6 Å². The molecule has 19 heavy (non-hydrogen) atoms. The SMILES string of the molecule is FC(F)Oc1ccccc1CNCC1CCNCC1. The van der Waals surface area contributed by atoms with Crippen LogP contribution in [0.3, 0.4) is 0 Å². The third kappa shape index (κ3) is 4.76. The molecule has 0 saturated carbocycles. The van der Waals surface area contributed by atoms with Crippen molar-refractivity contribution in [3.05, 3.63) is 29.8 Å². The van der Waals surface area contributed by atoms with Gasteiger partial charge < -0.3 is 15.4 Å². The van der Waals surface area contributed by atoms with E-state index in [0.29, 0.717) is 12.5 Å². The molecular weight excluding hydrogens is 250 g/mol. The summed E-state index contributed by atoms with van der Waals surface area (Å²) in [6.07, 6.45) is 2.34. The Hall–Kier alpha value is -1.20. The minimum absolute atomic E-state index is 0.260. The molecule has 1 aromatic rings. The minimum atomic E-state index is -2.77. The summed E-state index contributed by atoms with van der Waals surface area (Å²) in [7, 11) is 0. The van der Waals surface area contributed by atoms with Crippen LogP contribution in [0.1, 0.15) is 18.4 Å². The molecule has 3 nitrogen and oxygen atoms in total. The monoisotopic (exact) mass is 270 g/mol. The smallest absolute Gasteiger partial charge is 0.387 e. The number of ether oxygens (including phenoxy) is 1. The van der Waals surface area contributed by atoms with Gasteiger partial charge in [0.2, 0.25) is 0 Å². The van der Waals surface area contributed by atoms with Crippen LogP contribution in [-0.2, 0) is 6.54 Å². The van der Waals surface area contributed by atoms with Gasteiger partial charge in [0.15, 0.2) is 0 Å². The highest BCUT2D eigenvalue weighted by molar-refractivity contribution is 5.33. The van der Waals surface area contributed by atoms with Crippen LogP contribution >= 0.6 is 0 Å². The molecule has 1 saturated heterocycles. The molecule has 0 spiro atoms. The maximum absolute atomic E-state index is 12.3. The van der Waals surface area contributed by atoms with Gasteiger partial charge >= 0.3 is 6.61 Å². The van der Waals surface area contributed by atoms with Gasteiger partial charge in [0, 0.05) is 12.1 Å². The van der Waals surface area contributed by atoms with Crippen molar-refractivity contribution >= 4 is 0 Å². The largest absolute Gasteiger partial charge is 0.434 e. The van der Waals surface area contributed by atoms with E-state index >= 15 is 0 Å². The zero-order valence-electron chi connectivity index (χ0n) is 10.9. The first-order valence-electron chi connectivity index (χ1n) is 6.70. The van der Waals surface area contributed by atoms with Gasteiger partial charge in [-0.05, 0) is 44.5 Å². The highest BCUT2D eigenvalue weighted by Gasteiger charge is 2.13. The standard InChI is InChI=1S/C14H20F2N2O/c15-14(16)19-13-4-2-1-3-12(13)10-18-9-11-5-7-17-8-6-11/h1-4,11,14,17-18H,5-10H2. The number of nitrogens with one attached hydrogen (secondary N) is 2. The number of halogens is 2. The number of hydrogen-bond acceptors (Lipinski definition) is 3. The van der Waals surface area contributed by atoms with Crippen molar-refractivity contribution in [3.8, 4) is 5.75 Å². The Morgan fingerprint density at radius 2 is 2.00 bits per heavy atom. The van der Waals surface area contributed by atoms with Crippen LogP contribution in [0.4, 0.5) is 8.78 Å². The zero-order chi connectivity index (χ0) is 13.5. The average molecular weight is 270 g/mol. The lowest BCUT2D eigenvalue weighted by Gasteiger charge is -2.23. The van der Waals surface area contributed by atoms with Crippen molar-refractivity contribution in [2.24, 2.45) is 5.92 Å². The molecule has 2 N–H and O–H groups in total. The van der Waals surface area contributed by atoms with Gasteiger partial charge in [0.25, 0.3) is 0 Å². The van der Waals surface area contributed by atoms with Crippen molar-refractivity contribution in [1.29, 1.82) is 0 Å². The van der Waals surface area contributed by atoms with E-state index in [1.54, 1.807) is 12.1 Å². The molecule has 1 aromatic carbocycles. The quantitative estimate of drug-likeness (QED) is 0.832. The second kappa shape index (κ2) is 7.40. The maximum atomic E-state index is 12.3. The lowest BCUT2D eigenvalue weighted by molar-refractivity contribution is -0.0505. The van der Waals surface area contributed by atoms with Crippen LogP contribution in [0.2, 0.25) is 0 Å². The van der Waals surface area contributed by atoms with Gasteiger partial charge in [-0.2, -0.15) is 8.78 Å². The Kier molecular flexibility index (Phi) is 5.54. The summed E-state index contributed by atoms with van der Waals surface area (Å²) in [6.45, 7) is 0.845. The molecule has 0 unspecified atom stereocenters. The van der Waals surface area contributed by atoms with Crippen LogP contribution in [0.15, 0.2) is 24.3 Å². The summed E-state index contributed by atoms with van der Waals surface area (Å²) in [4.78, 5) is 0. The Morgan fingerprint density at radius 3 is 2.74 bits per heavy atom. The maximum Gasteiger partial charge on any atom is 0.387 e. The van der Waals surface area contributed by atoms with Gasteiger partial charge in [-0.25, -0.2) is 0 Å². The predicted octanol–water partition coefficient (Wildman–Crippen LogP) is 2.38. The van der Waals surface area contributed by atoms with Crippen LogP contribution in [-0.4, -0.2) is 26.2 Å². The fourth-order valence-electron chi connectivity index (χ4n) is 2.36. The summed E-state index contributed by atoms with van der Waals surface area (Å²) in [5.41, 5.74) is 0.775. The molecule has 0 amide bonds. The molecule has 0 aliphatic carbocycles. The number of alkyl halides is 2. The Morgan fingerprint density at radius 1 is 1.26 bits per heavy atom. The second-order valence-electron chi connectivity index (χ2n) is 4.81. The van der Waals surface area contributed by atoms with Crippen molar-refractivity contribution < 1.29 is 13.5 Å². The molecule has 1 fully saturated rings. The molecule has 0 bridgehead atoms. The second-order valence-corrected chi connectivity index (χ2v) is 4.81. The first-order chi connectivity index (χ1) is 9.25. The van der Waals surface area contributed by atoms with Crippen LogP contribution in [0.25, 0.3) is 0 Å². The van der Waals surface area contributed by atoms with Crippen molar-refractivity contribution in [2.75, 3.05) is 19.6 Å². The number of rotatable bonds is 6. The molecule has 0 radical (unpaired) electrons. The Labute approximate surface area is 112 Å². The molecule has 1 aliphatic heterocycles. The Balaban J connectivity index is 1.81. The Bertz CT molecular complexity index is 381. The minimum Gasteiger partial charge on any atom is -0.434 e. The summed E-state index contributed by atoms with van der Waals surface area (Å²) in [5, 5.41) is 6.65. The highest BCUT2D eigenvalue weighted by Crippen LogP contribution is 2.20. The summed E-state index contributed by atoms with van der Waals surface area (Å²) in [6, 6.07) is 6.93. The fourth-order valence-corrected chi connectivity index (χ4v) is 2.36. The van der Waals surface area contributed by atoms with Gasteiger partial charge in [-0.3, -0.25) is 0 Å².